The number of halogens is 1. The Morgan fingerprint density at radius 2 is 2.40 bits per heavy atom. The van der Waals surface area contributed by atoms with Gasteiger partial charge in [0.2, 0.25) is 0 Å². The third kappa shape index (κ3) is 1.38. The number of thiophene rings is 1. The summed E-state index contributed by atoms with van der Waals surface area (Å²) in [4.78, 5) is 10.9. The maximum Gasteiger partial charge on any atom is 0.389 e. The molecule has 1 heterocycles. The predicted octanol–water partition coefficient (Wildman–Crippen LogP) is 2.43. The van der Waals surface area contributed by atoms with Gasteiger partial charge in [0.1, 0.15) is 6.26 Å². The summed E-state index contributed by atoms with van der Waals surface area (Å²) in [6, 6.07) is 1.64. The SMILES string of the molecule is C[s+]1cc(Br)cc1C(=O)O. The Morgan fingerprint density at radius 1 is 1.80 bits per heavy atom. The molecule has 0 amide bonds. The summed E-state index contributed by atoms with van der Waals surface area (Å²) >= 11 is 3.22. The molecule has 4 heteroatoms. The number of aromatic carboxylic acids is 1. The predicted molar refractivity (Wildman–Crippen MR) is 44.6 cm³/mol. The zero-order valence-corrected chi connectivity index (χ0v) is 7.70. The molecule has 1 N–H and O–H groups in total. The Kier molecular flexibility index (Phi) is 2.11. The molecule has 0 aliphatic rings. The molecule has 1 aromatic heterocycles. The Balaban J connectivity index is 3.15. The molecule has 0 radical (unpaired) electrons. The number of rotatable bonds is 1. The van der Waals surface area contributed by atoms with Crippen molar-refractivity contribution in [2.75, 3.05) is 0 Å². The van der Waals surface area contributed by atoms with Gasteiger partial charge in [0.05, 0.1) is 4.47 Å². The minimum absolute atomic E-state index is 0.218. The van der Waals surface area contributed by atoms with Gasteiger partial charge in [-0.25, -0.2) is 4.79 Å². The molecular formula is C6H6BrO2S+. The summed E-state index contributed by atoms with van der Waals surface area (Å²) in [5.74, 6) is -0.823. The van der Waals surface area contributed by atoms with Crippen LogP contribution in [0.3, 0.4) is 0 Å². The van der Waals surface area contributed by atoms with Crippen LogP contribution in [0.25, 0.3) is 0 Å². The van der Waals surface area contributed by atoms with Crippen LogP contribution in [0.1, 0.15) is 9.67 Å². The van der Waals surface area contributed by atoms with Crippen molar-refractivity contribution in [3.63, 3.8) is 0 Å². The van der Waals surface area contributed by atoms with E-state index < -0.39 is 5.97 Å². The van der Waals surface area contributed by atoms with Gasteiger partial charge in [-0.15, -0.1) is 0 Å². The molecule has 0 aromatic carbocycles. The average molecular weight is 222 g/mol. The fourth-order valence-corrected chi connectivity index (χ4v) is 3.03. The Hall–Kier alpha value is -0.350. The molecule has 0 saturated heterocycles. The van der Waals surface area contributed by atoms with Crippen LogP contribution in [0.5, 0.6) is 0 Å². The molecule has 1 atom stereocenters. The van der Waals surface area contributed by atoms with Crippen LogP contribution in [0.2, 0.25) is 0 Å². The quantitative estimate of drug-likeness (QED) is 0.741. The molecule has 0 aliphatic heterocycles. The van der Waals surface area contributed by atoms with E-state index in [1.54, 1.807) is 6.07 Å². The van der Waals surface area contributed by atoms with Crippen LogP contribution in [0.4, 0.5) is 0 Å². The van der Waals surface area contributed by atoms with E-state index in [9.17, 15) is 4.79 Å². The first-order valence-electron chi connectivity index (χ1n) is 2.58. The van der Waals surface area contributed by atoms with Gasteiger partial charge in [0.15, 0.2) is 5.38 Å². The molecule has 0 saturated carbocycles. The minimum atomic E-state index is -0.823. The molecule has 0 aliphatic carbocycles. The van der Waals surface area contributed by atoms with Crippen molar-refractivity contribution in [3.05, 3.63) is 20.8 Å². The normalized spacial score (nSPS) is 11.6. The van der Waals surface area contributed by atoms with E-state index in [-0.39, 0.29) is 10.5 Å². The lowest BCUT2D eigenvalue weighted by atomic mass is 10.5. The lowest BCUT2D eigenvalue weighted by molar-refractivity contribution is 0.0702. The zero-order chi connectivity index (χ0) is 7.72. The molecular weight excluding hydrogens is 216 g/mol. The van der Waals surface area contributed by atoms with Crippen LogP contribution in [-0.4, -0.2) is 11.1 Å². The highest BCUT2D eigenvalue weighted by Crippen LogP contribution is 2.27. The van der Waals surface area contributed by atoms with Crippen LogP contribution in [0.15, 0.2) is 15.9 Å². The molecule has 1 aromatic rings. The van der Waals surface area contributed by atoms with Crippen molar-refractivity contribution in [1.82, 2.24) is 0 Å². The number of carbonyl (C=O) groups is 1. The number of aryl methyl sites for hydroxylation is 1. The number of carboxylic acid groups (broad SMARTS) is 1. The van der Waals surface area contributed by atoms with Gasteiger partial charge in [-0.05, 0) is 26.4 Å². The fourth-order valence-electron chi connectivity index (χ4n) is 0.684. The van der Waals surface area contributed by atoms with Crippen LogP contribution in [0, 0.1) is 0 Å². The van der Waals surface area contributed by atoms with Gasteiger partial charge in [-0.2, -0.15) is 0 Å². The summed E-state index contributed by atoms with van der Waals surface area (Å²) in [5.41, 5.74) is 0. The van der Waals surface area contributed by atoms with Crippen molar-refractivity contribution >= 4 is 32.4 Å². The monoisotopic (exact) mass is 221 g/mol. The second-order valence-corrected chi connectivity index (χ2v) is 4.58. The van der Waals surface area contributed by atoms with E-state index in [1.165, 1.54) is 0 Å². The van der Waals surface area contributed by atoms with Crippen LogP contribution in [-0.2, 0) is 6.26 Å². The molecule has 10 heavy (non-hydrogen) atoms. The zero-order valence-electron chi connectivity index (χ0n) is 5.30. The Labute approximate surface area is 69.6 Å². The van der Waals surface area contributed by atoms with Crippen molar-refractivity contribution < 1.29 is 9.90 Å². The summed E-state index contributed by atoms with van der Waals surface area (Å²) in [6.07, 6.45) is 1.88. The lowest BCUT2D eigenvalue weighted by Crippen LogP contribution is -1.91. The van der Waals surface area contributed by atoms with E-state index in [1.807, 2.05) is 11.6 Å². The molecule has 54 valence electrons. The standard InChI is InChI=1S/C6H5BrO2S/c1-10-3-4(7)2-5(10)6(8)9/h2-3H,1H3/p+1. The smallest absolute Gasteiger partial charge is 0.389 e. The third-order valence-corrected chi connectivity index (χ3v) is 3.47. The number of hydrogen-bond acceptors (Lipinski definition) is 1. The second-order valence-electron chi connectivity index (χ2n) is 1.87. The lowest BCUT2D eigenvalue weighted by Gasteiger charge is -1.78. The summed E-state index contributed by atoms with van der Waals surface area (Å²) in [6.45, 7) is 0. The fraction of sp³-hybridized carbons (Fsp3) is 0.167. The molecule has 1 rings (SSSR count). The van der Waals surface area contributed by atoms with Gasteiger partial charge < -0.3 is 5.11 Å². The van der Waals surface area contributed by atoms with Crippen LogP contribution < -0.4 is 0 Å². The Morgan fingerprint density at radius 3 is 2.60 bits per heavy atom. The Bertz CT molecular complexity index is 267. The van der Waals surface area contributed by atoms with E-state index in [0.29, 0.717) is 4.88 Å². The number of carboxylic acids is 1. The molecule has 0 spiro atoms. The molecule has 1 unspecified atom stereocenters. The van der Waals surface area contributed by atoms with Gasteiger partial charge in [0, 0.05) is 6.07 Å². The highest BCUT2D eigenvalue weighted by Gasteiger charge is 2.18. The maximum absolute atomic E-state index is 10.4. The van der Waals surface area contributed by atoms with E-state index in [2.05, 4.69) is 15.9 Å². The highest BCUT2D eigenvalue weighted by molar-refractivity contribution is 9.10. The van der Waals surface area contributed by atoms with E-state index in [4.69, 9.17) is 5.11 Å². The van der Waals surface area contributed by atoms with E-state index >= 15 is 0 Å². The summed E-state index contributed by atoms with van der Waals surface area (Å²) in [7, 11) is -0.218. The average Bonchev–Trinajstić information content (AvgIpc) is 2.10. The second kappa shape index (κ2) is 2.72. The first-order chi connectivity index (χ1) is 4.61. The molecule has 0 fully saturated rings. The van der Waals surface area contributed by atoms with Crippen molar-refractivity contribution in [1.29, 1.82) is 0 Å². The first kappa shape index (κ1) is 7.75. The van der Waals surface area contributed by atoms with E-state index in [0.717, 1.165) is 4.47 Å². The van der Waals surface area contributed by atoms with Crippen molar-refractivity contribution in [2.24, 2.45) is 6.26 Å². The van der Waals surface area contributed by atoms with Crippen LogP contribution >= 0.6 is 26.4 Å². The van der Waals surface area contributed by atoms with Crippen molar-refractivity contribution in [3.8, 4) is 0 Å². The first-order valence-corrected chi connectivity index (χ1v) is 5.07. The topological polar surface area (TPSA) is 37.3 Å². The summed E-state index contributed by atoms with van der Waals surface area (Å²) in [5, 5.41) is 10.5. The minimum Gasteiger partial charge on any atom is -0.474 e. The largest absolute Gasteiger partial charge is 0.474 e. The highest BCUT2D eigenvalue weighted by atomic mass is 79.9. The maximum atomic E-state index is 10.4. The van der Waals surface area contributed by atoms with Gasteiger partial charge in [-0.3, -0.25) is 0 Å². The van der Waals surface area contributed by atoms with Gasteiger partial charge in [-0.1, -0.05) is 0 Å². The number of hydrogen-bond donors (Lipinski definition) is 1. The summed E-state index contributed by atoms with van der Waals surface area (Å²) < 4.78 is 0.871. The third-order valence-electron chi connectivity index (χ3n) is 1.12. The molecule has 2 nitrogen and oxygen atoms in total. The van der Waals surface area contributed by atoms with Crippen molar-refractivity contribution in [2.45, 2.75) is 0 Å². The van der Waals surface area contributed by atoms with Gasteiger partial charge in [0.25, 0.3) is 4.88 Å². The van der Waals surface area contributed by atoms with Gasteiger partial charge >= 0.3 is 5.97 Å². The molecule has 0 bridgehead atoms.